The molecule has 2 rings (SSSR count). The molecule has 0 radical (unpaired) electrons. The first-order chi connectivity index (χ1) is 9.95. The summed E-state index contributed by atoms with van der Waals surface area (Å²) >= 11 is 0. The first kappa shape index (κ1) is 15.6. The number of ether oxygens (including phenoxy) is 2. The van der Waals surface area contributed by atoms with Crippen molar-refractivity contribution < 1.29 is 27.8 Å². The van der Waals surface area contributed by atoms with Crippen LogP contribution in [0, 0.1) is 0 Å². The molecule has 1 heterocycles. The molecule has 0 amide bonds. The molecule has 1 aliphatic heterocycles. The van der Waals surface area contributed by atoms with Crippen LogP contribution in [0.25, 0.3) is 0 Å². The Bertz CT molecular complexity index is 628. The standard InChI is InChI=1S/C13H17NO6S/c1-2-5-14(9-13(15)16)21(17,18)10-3-4-11-12(8-10)20-7-6-19-11/h3-4,8H,2,5-7,9H2,1H3,(H,15,16). The molecule has 0 unspecified atom stereocenters. The van der Waals surface area contributed by atoms with Crippen molar-refractivity contribution in [3.8, 4) is 11.5 Å². The number of sulfonamides is 1. The Labute approximate surface area is 123 Å². The predicted octanol–water partition coefficient (Wildman–Crippen LogP) is 0.943. The minimum Gasteiger partial charge on any atom is -0.486 e. The van der Waals surface area contributed by atoms with E-state index < -0.39 is 22.5 Å². The maximum absolute atomic E-state index is 12.5. The Hall–Kier alpha value is -1.80. The molecule has 7 nitrogen and oxygen atoms in total. The minimum absolute atomic E-state index is 0.00134. The maximum Gasteiger partial charge on any atom is 0.318 e. The van der Waals surface area contributed by atoms with Crippen LogP contribution >= 0.6 is 0 Å². The normalized spacial score (nSPS) is 14.2. The van der Waals surface area contributed by atoms with Crippen molar-refractivity contribution in [3.63, 3.8) is 0 Å². The third kappa shape index (κ3) is 3.45. The van der Waals surface area contributed by atoms with E-state index in [9.17, 15) is 13.2 Å². The molecular formula is C13H17NO6S. The summed E-state index contributed by atoms with van der Waals surface area (Å²) in [6, 6.07) is 4.29. The topological polar surface area (TPSA) is 93.1 Å². The van der Waals surface area contributed by atoms with Gasteiger partial charge >= 0.3 is 5.97 Å². The quantitative estimate of drug-likeness (QED) is 0.840. The van der Waals surface area contributed by atoms with Gasteiger partial charge < -0.3 is 14.6 Å². The second-order valence-electron chi connectivity index (χ2n) is 4.54. The van der Waals surface area contributed by atoms with E-state index in [0.717, 1.165) is 4.31 Å². The van der Waals surface area contributed by atoms with Gasteiger partial charge in [-0.15, -0.1) is 0 Å². The van der Waals surface area contributed by atoms with Crippen molar-refractivity contribution in [1.82, 2.24) is 4.31 Å². The summed E-state index contributed by atoms with van der Waals surface area (Å²) in [7, 11) is -3.87. The molecule has 0 saturated heterocycles. The van der Waals surface area contributed by atoms with Crippen LogP contribution in [0.1, 0.15) is 13.3 Å². The van der Waals surface area contributed by atoms with Gasteiger partial charge in [0.2, 0.25) is 10.0 Å². The van der Waals surface area contributed by atoms with E-state index in [1.54, 1.807) is 6.92 Å². The Morgan fingerprint density at radius 2 is 1.95 bits per heavy atom. The van der Waals surface area contributed by atoms with Crippen LogP contribution < -0.4 is 9.47 Å². The molecule has 0 aromatic heterocycles. The van der Waals surface area contributed by atoms with Crippen LogP contribution in [-0.4, -0.2) is 50.1 Å². The number of carboxylic acids is 1. The van der Waals surface area contributed by atoms with Gasteiger partial charge in [-0.25, -0.2) is 8.42 Å². The molecule has 1 aliphatic rings. The zero-order chi connectivity index (χ0) is 15.5. The average molecular weight is 315 g/mol. The lowest BCUT2D eigenvalue weighted by Gasteiger charge is -2.22. The lowest BCUT2D eigenvalue weighted by atomic mass is 10.3. The van der Waals surface area contributed by atoms with Crippen LogP contribution in [0.15, 0.2) is 23.1 Å². The second kappa shape index (κ2) is 6.31. The van der Waals surface area contributed by atoms with Crippen LogP contribution in [0.3, 0.4) is 0 Å². The van der Waals surface area contributed by atoms with Crippen LogP contribution in [0.2, 0.25) is 0 Å². The second-order valence-corrected chi connectivity index (χ2v) is 6.48. The fourth-order valence-corrected chi connectivity index (χ4v) is 3.52. The van der Waals surface area contributed by atoms with E-state index in [1.807, 2.05) is 0 Å². The summed E-state index contributed by atoms with van der Waals surface area (Å²) in [5.41, 5.74) is 0. The summed E-state index contributed by atoms with van der Waals surface area (Å²) in [6.07, 6.45) is 0.525. The van der Waals surface area contributed by atoms with E-state index in [4.69, 9.17) is 14.6 Å². The maximum atomic E-state index is 12.5. The number of carbonyl (C=O) groups is 1. The predicted molar refractivity (Wildman–Crippen MR) is 74.1 cm³/mol. The lowest BCUT2D eigenvalue weighted by molar-refractivity contribution is -0.137. The largest absolute Gasteiger partial charge is 0.486 e. The number of benzene rings is 1. The van der Waals surface area contributed by atoms with Crippen molar-refractivity contribution >= 4 is 16.0 Å². The van der Waals surface area contributed by atoms with Gasteiger partial charge in [-0.3, -0.25) is 4.79 Å². The van der Waals surface area contributed by atoms with Crippen LogP contribution in [0.4, 0.5) is 0 Å². The molecule has 0 aliphatic carbocycles. The number of hydrogen-bond donors (Lipinski definition) is 1. The summed E-state index contributed by atoms with van der Waals surface area (Å²) in [4.78, 5) is 10.8. The van der Waals surface area contributed by atoms with Crippen molar-refractivity contribution in [2.45, 2.75) is 18.2 Å². The Morgan fingerprint density at radius 3 is 2.57 bits per heavy atom. The van der Waals surface area contributed by atoms with E-state index >= 15 is 0 Å². The highest BCUT2D eigenvalue weighted by Crippen LogP contribution is 2.33. The zero-order valence-electron chi connectivity index (χ0n) is 11.6. The van der Waals surface area contributed by atoms with Crippen LogP contribution in [0.5, 0.6) is 11.5 Å². The van der Waals surface area contributed by atoms with E-state index in [0.29, 0.717) is 31.1 Å². The summed E-state index contributed by atoms with van der Waals surface area (Å²) < 4.78 is 36.7. The SMILES string of the molecule is CCCN(CC(=O)O)S(=O)(=O)c1ccc2c(c1)OCCO2. The summed E-state index contributed by atoms with van der Waals surface area (Å²) in [6.45, 7) is 2.13. The first-order valence-corrected chi connectivity index (χ1v) is 8.00. The molecule has 8 heteroatoms. The first-order valence-electron chi connectivity index (χ1n) is 6.56. The van der Waals surface area contributed by atoms with E-state index in [2.05, 4.69) is 0 Å². The van der Waals surface area contributed by atoms with Crippen molar-refractivity contribution in [2.75, 3.05) is 26.3 Å². The van der Waals surface area contributed by atoms with Gasteiger partial charge in [0.1, 0.15) is 19.8 Å². The fourth-order valence-electron chi connectivity index (χ4n) is 2.02. The summed E-state index contributed by atoms with van der Waals surface area (Å²) in [5.74, 6) is -0.348. The van der Waals surface area contributed by atoms with Crippen LogP contribution in [-0.2, 0) is 14.8 Å². The molecule has 0 saturated carbocycles. The number of hydrogen-bond acceptors (Lipinski definition) is 5. The molecule has 0 atom stereocenters. The van der Waals surface area contributed by atoms with Gasteiger partial charge in [0, 0.05) is 12.6 Å². The monoisotopic (exact) mass is 315 g/mol. The Morgan fingerprint density at radius 1 is 1.29 bits per heavy atom. The number of carboxylic acid groups (broad SMARTS) is 1. The zero-order valence-corrected chi connectivity index (χ0v) is 12.4. The van der Waals surface area contributed by atoms with Gasteiger partial charge in [-0.1, -0.05) is 6.92 Å². The molecule has 21 heavy (non-hydrogen) atoms. The van der Waals surface area contributed by atoms with Crippen molar-refractivity contribution in [1.29, 1.82) is 0 Å². The summed E-state index contributed by atoms with van der Waals surface area (Å²) in [5, 5.41) is 8.86. The molecule has 1 N–H and O–H groups in total. The lowest BCUT2D eigenvalue weighted by Crippen LogP contribution is -2.36. The van der Waals surface area contributed by atoms with Gasteiger partial charge in [-0.05, 0) is 18.6 Å². The van der Waals surface area contributed by atoms with E-state index in [1.165, 1.54) is 18.2 Å². The number of aliphatic carboxylic acids is 1. The number of fused-ring (bicyclic) bond motifs is 1. The number of nitrogens with zero attached hydrogens (tertiary/aromatic N) is 1. The van der Waals surface area contributed by atoms with Crippen molar-refractivity contribution in [2.24, 2.45) is 0 Å². The van der Waals surface area contributed by atoms with E-state index in [-0.39, 0.29) is 11.4 Å². The van der Waals surface area contributed by atoms with Gasteiger partial charge in [0.25, 0.3) is 0 Å². The minimum atomic E-state index is -3.87. The van der Waals surface area contributed by atoms with Crippen molar-refractivity contribution in [3.05, 3.63) is 18.2 Å². The van der Waals surface area contributed by atoms with Gasteiger partial charge in [0.15, 0.2) is 11.5 Å². The highest BCUT2D eigenvalue weighted by Gasteiger charge is 2.27. The molecular weight excluding hydrogens is 298 g/mol. The highest BCUT2D eigenvalue weighted by atomic mass is 32.2. The molecule has 1 aromatic rings. The van der Waals surface area contributed by atoms with Gasteiger partial charge in [0.05, 0.1) is 4.90 Å². The third-order valence-electron chi connectivity index (χ3n) is 2.94. The molecule has 0 fully saturated rings. The molecule has 0 spiro atoms. The average Bonchev–Trinajstić information content (AvgIpc) is 2.46. The molecule has 116 valence electrons. The van der Waals surface area contributed by atoms with Gasteiger partial charge in [-0.2, -0.15) is 4.31 Å². The number of rotatable bonds is 6. The molecule has 0 bridgehead atoms. The highest BCUT2D eigenvalue weighted by molar-refractivity contribution is 7.89. The third-order valence-corrected chi connectivity index (χ3v) is 4.78. The smallest absolute Gasteiger partial charge is 0.318 e. The Kier molecular flexibility index (Phi) is 4.69. The molecule has 1 aromatic carbocycles. The fraction of sp³-hybridized carbons (Fsp3) is 0.462. The Balaban J connectivity index is 2.34.